The minimum atomic E-state index is -0.639. The van der Waals surface area contributed by atoms with E-state index in [0.717, 1.165) is 4.90 Å². The first-order valence-electron chi connectivity index (χ1n) is 8.75. The molecule has 6 nitrogen and oxygen atoms in total. The molecule has 0 aromatic heterocycles. The molecular weight excluding hydrogens is 527 g/mol. The van der Waals surface area contributed by atoms with Gasteiger partial charge in [0.25, 0.3) is 11.8 Å². The lowest BCUT2D eigenvalue weighted by Gasteiger charge is -2.29. The number of nitrogens with one attached hydrogen (secondary N) is 1. The number of methoxy groups -OCH3 is 1. The van der Waals surface area contributed by atoms with E-state index in [1.54, 1.807) is 36.4 Å². The maximum atomic E-state index is 13.2. The molecule has 0 radical (unpaired) electrons. The molecule has 1 aliphatic heterocycles. The molecule has 31 heavy (non-hydrogen) atoms. The molecular formula is C21H15BrCl2N2O4S. The average molecular weight is 542 g/mol. The predicted octanol–water partition coefficient (Wildman–Crippen LogP) is 5.16. The number of carbonyl (C=O) groups excluding carboxylic acids is 2. The van der Waals surface area contributed by atoms with Gasteiger partial charge in [-0.3, -0.25) is 19.8 Å². The summed E-state index contributed by atoms with van der Waals surface area (Å²) >= 11 is 20.9. The van der Waals surface area contributed by atoms with Crippen LogP contribution in [0.4, 0.5) is 5.69 Å². The van der Waals surface area contributed by atoms with E-state index < -0.39 is 11.8 Å². The summed E-state index contributed by atoms with van der Waals surface area (Å²) in [7, 11) is 1.49. The third-order valence-corrected chi connectivity index (χ3v) is 5.86. The SMILES string of the molecule is C=CCOc1c(Br)cc(/C=C2\C(=O)NC(=S)N(c3cccc(Cl)c3Cl)C2=O)cc1OC. The van der Waals surface area contributed by atoms with Crippen LogP contribution < -0.4 is 19.7 Å². The van der Waals surface area contributed by atoms with Crippen LogP contribution in [0.5, 0.6) is 11.5 Å². The average Bonchev–Trinajstić information content (AvgIpc) is 2.73. The van der Waals surface area contributed by atoms with Crippen molar-refractivity contribution in [2.75, 3.05) is 18.6 Å². The lowest BCUT2D eigenvalue weighted by Crippen LogP contribution is -2.54. The number of rotatable bonds is 6. The Morgan fingerprint density at radius 3 is 2.71 bits per heavy atom. The molecule has 0 bridgehead atoms. The van der Waals surface area contributed by atoms with Crippen LogP contribution in [-0.4, -0.2) is 30.6 Å². The summed E-state index contributed by atoms with van der Waals surface area (Å²) in [6.07, 6.45) is 3.03. The first kappa shape index (κ1) is 23.3. The quantitative estimate of drug-likeness (QED) is 0.237. The minimum Gasteiger partial charge on any atom is -0.493 e. The monoisotopic (exact) mass is 540 g/mol. The molecule has 0 aliphatic carbocycles. The van der Waals surface area contributed by atoms with E-state index in [9.17, 15) is 9.59 Å². The van der Waals surface area contributed by atoms with Gasteiger partial charge in [-0.25, -0.2) is 0 Å². The van der Waals surface area contributed by atoms with Crippen LogP contribution in [0.2, 0.25) is 10.0 Å². The van der Waals surface area contributed by atoms with Gasteiger partial charge >= 0.3 is 0 Å². The van der Waals surface area contributed by atoms with Crippen LogP contribution in [0.1, 0.15) is 5.56 Å². The second kappa shape index (κ2) is 9.82. The van der Waals surface area contributed by atoms with Gasteiger partial charge in [-0.15, -0.1) is 0 Å². The van der Waals surface area contributed by atoms with Gasteiger partial charge in [0.15, 0.2) is 16.6 Å². The van der Waals surface area contributed by atoms with Gasteiger partial charge in [0, 0.05) is 0 Å². The highest BCUT2D eigenvalue weighted by molar-refractivity contribution is 9.10. The Bertz CT molecular complexity index is 1140. The number of halogens is 3. The van der Waals surface area contributed by atoms with Crippen molar-refractivity contribution in [3.63, 3.8) is 0 Å². The van der Waals surface area contributed by atoms with E-state index in [-0.39, 0.29) is 33.0 Å². The van der Waals surface area contributed by atoms with Crippen molar-refractivity contribution in [3.05, 3.63) is 68.6 Å². The van der Waals surface area contributed by atoms with Gasteiger partial charge < -0.3 is 9.47 Å². The van der Waals surface area contributed by atoms with E-state index in [2.05, 4.69) is 27.8 Å². The molecule has 3 rings (SSSR count). The van der Waals surface area contributed by atoms with Crippen LogP contribution in [0.3, 0.4) is 0 Å². The van der Waals surface area contributed by atoms with Crippen LogP contribution in [0.25, 0.3) is 6.08 Å². The van der Waals surface area contributed by atoms with Crippen molar-refractivity contribution in [1.29, 1.82) is 0 Å². The summed E-state index contributed by atoms with van der Waals surface area (Å²) in [5.74, 6) is -0.388. The molecule has 0 atom stereocenters. The van der Waals surface area contributed by atoms with E-state index in [1.807, 2.05) is 0 Å². The number of anilines is 1. The number of thiocarbonyl (C=S) groups is 1. The maximum Gasteiger partial charge on any atom is 0.270 e. The minimum absolute atomic E-state index is 0.0942. The first-order chi connectivity index (χ1) is 14.8. The van der Waals surface area contributed by atoms with Crippen LogP contribution in [0, 0.1) is 0 Å². The first-order valence-corrected chi connectivity index (χ1v) is 10.7. The van der Waals surface area contributed by atoms with Crippen molar-refractivity contribution in [1.82, 2.24) is 5.32 Å². The van der Waals surface area contributed by atoms with Crippen molar-refractivity contribution in [2.45, 2.75) is 0 Å². The largest absolute Gasteiger partial charge is 0.493 e. The summed E-state index contributed by atoms with van der Waals surface area (Å²) in [6, 6.07) is 8.13. The Balaban J connectivity index is 2.05. The number of benzene rings is 2. The molecule has 1 N–H and O–H groups in total. The zero-order chi connectivity index (χ0) is 22.7. The van der Waals surface area contributed by atoms with E-state index >= 15 is 0 Å². The maximum absolute atomic E-state index is 13.2. The van der Waals surface area contributed by atoms with Gasteiger partial charge in [-0.1, -0.05) is 41.9 Å². The molecule has 2 amide bonds. The highest BCUT2D eigenvalue weighted by Gasteiger charge is 2.35. The molecule has 1 heterocycles. The number of hydrogen-bond donors (Lipinski definition) is 1. The normalized spacial score (nSPS) is 15.2. The van der Waals surface area contributed by atoms with Gasteiger partial charge in [-0.2, -0.15) is 0 Å². The van der Waals surface area contributed by atoms with E-state index in [4.69, 9.17) is 44.9 Å². The van der Waals surface area contributed by atoms with Crippen molar-refractivity contribution >= 4 is 80.0 Å². The molecule has 0 spiro atoms. The number of nitrogens with zero attached hydrogens (tertiary/aromatic N) is 1. The predicted molar refractivity (Wildman–Crippen MR) is 129 cm³/mol. The zero-order valence-corrected chi connectivity index (χ0v) is 20.0. The summed E-state index contributed by atoms with van der Waals surface area (Å²) < 4.78 is 11.6. The highest BCUT2D eigenvalue weighted by atomic mass is 79.9. The second-order valence-corrected chi connectivity index (χ2v) is 8.19. The summed E-state index contributed by atoms with van der Waals surface area (Å²) in [5.41, 5.74) is 0.651. The highest BCUT2D eigenvalue weighted by Crippen LogP contribution is 2.38. The number of carbonyl (C=O) groups is 2. The third kappa shape index (κ3) is 4.77. The molecule has 160 valence electrons. The molecule has 2 aromatic rings. The topological polar surface area (TPSA) is 67.9 Å². The third-order valence-electron chi connectivity index (χ3n) is 4.18. The summed E-state index contributed by atoms with van der Waals surface area (Å²) in [5, 5.41) is 2.81. The Morgan fingerprint density at radius 1 is 1.29 bits per heavy atom. The Morgan fingerprint density at radius 2 is 2.03 bits per heavy atom. The summed E-state index contributed by atoms with van der Waals surface area (Å²) in [4.78, 5) is 26.9. The molecule has 1 fully saturated rings. The fourth-order valence-corrected chi connectivity index (χ4v) is 4.04. The molecule has 1 aliphatic rings. The molecule has 1 saturated heterocycles. The smallest absolute Gasteiger partial charge is 0.270 e. The van der Waals surface area contributed by atoms with Crippen molar-refractivity contribution in [3.8, 4) is 11.5 Å². The molecule has 10 heteroatoms. The van der Waals surface area contributed by atoms with E-state index in [1.165, 1.54) is 13.2 Å². The Labute approximate surface area is 202 Å². The standard InChI is InChI=1S/C21H15BrCl2N2O4S/c1-3-7-30-18-13(22)9-11(10-16(18)29-2)8-12-19(27)25-21(31)26(20(12)28)15-6-4-5-14(23)17(15)24/h3-6,8-10H,1,7H2,2H3,(H,25,27,31)/b12-8+. The number of amides is 2. The van der Waals surface area contributed by atoms with Crippen LogP contribution in [-0.2, 0) is 9.59 Å². The number of hydrogen-bond acceptors (Lipinski definition) is 5. The van der Waals surface area contributed by atoms with Crippen molar-refractivity contribution in [2.24, 2.45) is 0 Å². The van der Waals surface area contributed by atoms with Gasteiger partial charge in [0.1, 0.15) is 12.2 Å². The van der Waals surface area contributed by atoms with Gasteiger partial charge in [0.2, 0.25) is 0 Å². The lowest BCUT2D eigenvalue weighted by molar-refractivity contribution is -0.122. The lowest BCUT2D eigenvalue weighted by atomic mass is 10.1. The molecule has 0 saturated carbocycles. The fourth-order valence-electron chi connectivity index (χ4n) is 2.81. The molecule has 0 unspecified atom stereocenters. The second-order valence-electron chi connectivity index (χ2n) is 6.16. The summed E-state index contributed by atoms with van der Waals surface area (Å²) in [6.45, 7) is 3.90. The van der Waals surface area contributed by atoms with Crippen molar-refractivity contribution < 1.29 is 19.1 Å². The zero-order valence-electron chi connectivity index (χ0n) is 16.1. The van der Waals surface area contributed by atoms with Crippen LogP contribution >= 0.6 is 51.3 Å². The fraction of sp³-hybridized carbons (Fsp3) is 0.0952. The Hall–Kier alpha value is -2.39. The molecule has 2 aromatic carbocycles. The van der Waals surface area contributed by atoms with Gasteiger partial charge in [0.05, 0.1) is 27.3 Å². The number of ether oxygens (including phenoxy) is 2. The van der Waals surface area contributed by atoms with Crippen LogP contribution in [0.15, 0.2) is 53.0 Å². The Kier molecular flexibility index (Phi) is 7.38. The van der Waals surface area contributed by atoms with E-state index in [0.29, 0.717) is 21.5 Å². The van der Waals surface area contributed by atoms with Gasteiger partial charge in [-0.05, 0) is 64.1 Å².